The van der Waals surface area contributed by atoms with Gasteiger partial charge in [0.2, 0.25) is 0 Å². The van der Waals surface area contributed by atoms with Crippen molar-refractivity contribution in [1.82, 2.24) is 10.2 Å². The minimum Gasteiger partial charge on any atom is -0.277 e. The second kappa shape index (κ2) is 5.48. The number of aryl methyl sites for hydroxylation is 1. The van der Waals surface area contributed by atoms with Gasteiger partial charge < -0.3 is 0 Å². The van der Waals surface area contributed by atoms with E-state index < -0.39 is 19.1 Å². The molecule has 0 radical (unpaired) electrons. The van der Waals surface area contributed by atoms with Gasteiger partial charge in [-0.25, -0.2) is 8.42 Å². The summed E-state index contributed by atoms with van der Waals surface area (Å²) in [4.78, 5) is -0.212. The summed E-state index contributed by atoms with van der Waals surface area (Å²) in [6.45, 7) is 1.50. The number of halogens is 2. The highest BCUT2D eigenvalue weighted by Gasteiger charge is 2.21. The number of H-pyrrole nitrogens is 1. The molecule has 1 heterocycles. The standard InChI is InChI=1S/C10H9Cl2N3O4S2/c1-6-4-7(20(12,16)17)5-8(11)10(6)15-21(18,19)9-2-3-13-14-9/h2-5,15H,1H3,(H,13,14). The van der Waals surface area contributed by atoms with Gasteiger partial charge in [0.1, 0.15) is 0 Å². The second-order valence-electron chi connectivity index (χ2n) is 4.06. The molecular weight excluding hydrogens is 361 g/mol. The Hall–Kier alpha value is -1.29. The smallest absolute Gasteiger partial charge is 0.277 e. The van der Waals surface area contributed by atoms with Crippen molar-refractivity contribution in [2.75, 3.05) is 4.72 Å². The van der Waals surface area contributed by atoms with E-state index >= 15 is 0 Å². The Labute approximate surface area is 130 Å². The average Bonchev–Trinajstić information content (AvgIpc) is 2.86. The predicted molar refractivity (Wildman–Crippen MR) is 78.6 cm³/mol. The first-order valence-electron chi connectivity index (χ1n) is 5.38. The highest BCUT2D eigenvalue weighted by molar-refractivity contribution is 8.13. The number of nitrogens with one attached hydrogen (secondary N) is 2. The fraction of sp³-hybridized carbons (Fsp3) is 0.100. The maximum absolute atomic E-state index is 12.1. The van der Waals surface area contributed by atoms with E-state index in [9.17, 15) is 16.8 Å². The summed E-state index contributed by atoms with van der Waals surface area (Å²) in [5, 5.41) is 5.63. The van der Waals surface area contributed by atoms with Crippen molar-refractivity contribution >= 4 is 47.0 Å². The van der Waals surface area contributed by atoms with Crippen molar-refractivity contribution in [3.05, 3.63) is 35.0 Å². The first-order valence-corrected chi connectivity index (χ1v) is 9.55. The quantitative estimate of drug-likeness (QED) is 0.801. The van der Waals surface area contributed by atoms with E-state index in [1.165, 1.54) is 25.3 Å². The van der Waals surface area contributed by atoms with E-state index in [0.29, 0.717) is 5.56 Å². The van der Waals surface area contributed by atoms with Crippen LogP contribution in [-0.2, 0) is 19.1 Å². The predicted octanol–water partition coefficient (Wildman–Crippen LogP) is 2.10. The van der Waals surface area contributed by atoms with Gasteiger partial charge in [0.25, 0.3) is 19.1 Å². The number of hydrogen-bond donors (Lipinski definition) is 2. The van der Waals surface area contributed by atoms with Crippen molar-refractivity contribution < 1.29 is 16.8 Å². The molecule has 0 fully saturated rings. The Kier molecular flexibility index (Phi) is 4.20. The number of aromatic amines is 1. The van der Waals surface area contributed by atoms with Gasteiger partial charge in [-0.1, -0.05) is 11.6 Å². The van der Waals surface area contributed by atoms with Gasteiger partial charge in [-0.3, -0.25) is 9.82 Å². The summed E-state index contributed by atoms with van der Waals surface area (Å²) in [6, 6.07) is 3.56. The van der Waals surface area contributed by atoms with Gasteiger partial charge in [-0.05, 0) is 30.7 Å². The van der Waals surface area contributed by atoms with E-state index in [2.05, 4.69) is 14.9 Å². The highest BCUT2D eigenvalue weighted by Crippen LogP contribution is 2.32. The molecule has 2 aromatic rings. The number of benzene rings is 1. The SMILES string of the molecule is Cc1cc(S(=O)(=O)Cl)cc(Cl)c1NS(=O)(=O)c1ccn[nH]1. The fourth-order valence-corrected chi connectivity index (χ4v) is 3.91. The molecule has 1 aromatic heterocycles. The van der Waals surface area contributed by atoms with E-state index in [0.717, 1.165) is 6.07 Å². The largest absolute Gasteiger partial charge is 0.278 e. The summed E-state index contributed by atoms with van der Waals surface area (Å²) in [6.07, 6.45) is 1.28. The maximum atomic E-state index is 12.1. The second-order valence-corrected chi connectivity index (χ2v) is 8.69. The lowest BCUT2D eigenvalue weighted by Gasteiger charge is -2.12. The van der Waals surface area contributed by atoms with Gasteiger partial charge in [0, 0.05) is 10.7 Å². The molecule has 0 bridgehead atoms. The lowest BCUT2D eigenvalue weighted by molar-refractivity contribution is 0.597. The number of anilines is 1. The zero-order valence-electron chi connectivity index (χ0n) is 10.5. The molecule has 1 aromatic carbocycles. The van der Waals surface area contributed by atoms with Gasteiger partial charge in [-0.15, -0.1) is 0 Å². The molecule has 2 rings (SSSR count). The lowest BCUT2D eigenvalue weighted by atomic mass is 10.2. The molecule has 0 atom stereocenters. The van der Waals surface area contributed by atoms with Crippen LogP contribution in [0.5, 0.6) is 0 Å². The summed E-state index contributed by atoms with van der Waals surface area (Å²) < 4.78 is 48.9. The molecule has 21 heavy (non-hydrogen) atoms. The zero-order chi connectivity index (χ0) is 15.8. The number of rotatable bonds is 4. The molecule has 0 aliphatic heterocycles. The first kappa shape index (κ1) is 16.1. The summed E-state index contributed by atoms with van der Waals surface area (Å²) in [7, 11) is -2.62. The fourth-order valence-electron chi connectivity index (χ4n) is 1.56. The molecule has 0 aliphatic carbocycles. The topological polar surface area (TPSA) is 109 Å². The molecule has 0 unspecified atom stereocenters. The zero-order valence-corrected chi connectivity index (χ0v) is 13.6. The van der Waals surface area contributed by atoms with Crippen LogP contribution in [0.2, 0.25) is 5.02 Å². The molecule has 11 heteroatoms. The van der Waals surface area contributed by atoms with E-state index in [4.69, 9.17) is 22.3 Å². The minimum absolute atomic E-state index is 0.0651. The normalized spacial score (nSPS) is 12.3. The Bertz CT molecular complexity index is 854. The lowest BCUT2D eigenvalue weighted by Crippen LogP contribution is -2.15. The van der Waals surface area contributed by atoms with E-state index in [1.54, 1.807) is 0 Å². The Morgan fingerprint density at radius 3 is 2.38 bits per heavy atom. The van der Waals surface area contributed by atoms with Crippen molar-refractivity contribution in [3.63, 3.8) is 0 Å². The molecule has 2 N–H and O–H groups in total. The van der Waals surface area contributed by atoms with Crippen LogP contribution in [0.1, 0.15) is 5.56 Å². The maximum Gasteiger partial charge on any atom is 0.278 e. The van der Waals surface area contributed by atoms with Gasteiger partial charge in [-0.2, -0.15) is 13.5 Å². The third kappa shape index (κ3) is 3.49. The van der Waals surface area contributed by atoms with Crippen LogP contribution in [-0.4, -0.2) is 27.0 Å². The number of nitrogens with zero attached hydrogens (tertiary/aromatic N) is 1. The van der Waals surface area contributed by atoms with Crippen LogP contribution in [0.4, 0.5) is 5.69 Å². The minimum atomic E-state index is -3.96. The summed E-state index contributed by atoms with van der Waals surface area (Å²) in [5.74, 6) is 0. The van der Waals surface area contributed by atoms with Crippen molar-refractivity contribution in [2.24, 2.45) is 0 Å². The van der Waals surface area contributed by atoms with Gasteiger partial charge in [0.05, 0.1) is 21.8 Å². The summed E-state index contributed by atoms with van der Waals surface area (Å²) in [5.41, 5.74) is 0.375. The Morgan fingerprint density at radius 2 is 1.90 bits per heavy atom. The number of aromatic nitrogens is 2. The van der Waals surface area contributed by atoms with Crippen LogP contribution < -0.4 is 4.72 Å². The molecule has 0 saturated heterocycles. The van der Waals surface area contributed by atoms with Crippen LogP contribution in [0, 0.1) is 6.92 Å². The number of sulfonamides is 1. The van der Waals surface area contributed by atoms with Gasteiger partial charge in [0.15, 0.2) is 5.03 Å². The van der Waals surface area contributed by atoms with Crippen molar-refractivity contribution in [3.8, 4) is 0 Å². The molecule has 0 saturated carbocycles. The number of hydrogen-bond acceptors (Lipinski definition) is 5. The van der Waals surface area contributed by atoms with Crippen LogP contribution in [0.3, 0.4) is 0 Å². The molecule has 114 valence electrons. The molecule has 7 nitrogen and oxygen atoms in total. The Balaban J connectivity index is 2.48. The van der Waals surface area contributed by atoms with Crippen LogP contribution in [0.25, 0.3) is 0 Å². The van der Waals surface area contributed by atoms with E-state index in [1.807, 2.05) is 0 Å². The molecule has 0 spiro atoms. The molecule has 0 amide bonds. The monoisotopic (exact) mass is 369 g/mol. The first-order chi connectivity index (χ1) is 9.61. The van der Waals surface area contributed by atoms with E-state index in [-0.39, 0.29) is 20.6 Å². The van der Waals surface area contributed by atoms with Crippen LogP contribution >= 0.6 is 22.3 Å². The molecular formula is C10H9Cl2N3O4S2. The van der Waals surface area contributed by atoms with Crippen molar-refractivity contribution in [1.29, 1.82) is 0 Å². The summed E-state index contributed by atoms with van der Waals surface area (Å²) >= 11 is 5.93. The third-order valence-electron chi connectivity index (χ3n) is 2.54. The molecule has 0 aliphatic rings. The average molecular weight is 370 g/mol. The third-order valence-corrected chi connectivity index (χ3v) is 5.45. The highest BCUT2D eigenvalue weighted by atomic mass is 35.7. The van der Waals surface area contributed by atoms with Gasteiger partial charge >= 0.3 is 0 Å². The van der Waals surface area contributed by atoms with Crippen LogP contribution in [0.15, 0.2) is 34.3 Å². The van der Waals surface area contributed by atoms with Crippen molar-refractivity contribution in [2.45, 2.75) is 16.8 Å². The Morgan fingerprint density at radius 1 is 1.24 bits per heavy atom.